The van der Waals surface area contributed by atoms with E-state index in [4.69, 9.17) is 0 Å². The van der Waals surface area contributed by atoms with Crippen molar-refractivity contribution in [2.45, 2.75) is 25.6 Å². The molecule has 1 atom stereocenters. The maximum absolute atomic E-state index is 12.8. The second-order valence-electron chi connectivity index (χ2n) is 6.16. The smallest absolute Gasteiger partial charge is 0.340 e. The Kier molecular flexibility index (Phi) is 8.18. The van der Waals surface area contributed by atoms with Gasteiger partial charge in [-0.3, -0.25) is 9.69 Å². The van der Waals surface area contributed by atoms with Gasteiger partial charge in [0.1, 0.15) is 0 Å². The molecule has 2 rings (SSSR count). The zero-order valence-corrected chi connectivity index (χ0v) is 15.3. The number of piperazine rings is 1. The number of hydrogen-bond donors (Lipinski definition) is 1. The van der Waals surface area contributed by atoms with Crippen molar-refractivity contribution in [1.29, 1.82) is 0 Å². The highest BCUT2D eigenvalue weighted by atomic mass is 35.5. The van der Waals surface area contributed by atoms with Crippen molar-refractivity contribution in [3.63, 3.8) is 0 Å². The molecule has 0 saturated carbocycles. The number of rotatable bonds is 5. The van der Waals surface area contributed by atoms with Gasteiger partial charge in [-0.05, 0) is 31.7 Å². The number of carbonyl (C=O) groups is 1. The highest BCUT2D eigenvalue weighted by molar-refractivity contribution is 5.85. The average molecular weight is 380 g/mol. The summed E-state index contributed by atoms with van der Waals surface area (Å²) in [5.41, 5.74) is -0.0425. The lowest BCUT2D eigenvalue weighted by Gasteiger charge is -2.29. The molecule has 8 heteroatoms. The Hall–Kier alpha value is -1.31. The number of benzene rings is 1. The summed E-state index contributed by atoms with van der Waals surface area (Å²) in [5.74, 6) is 0.0968. The summed E-state index contributed by atoms with van der Waals surface area (Å²) >= 11 is 0. The SMILES string of the molecule is CC(c1cccc(C(F)(F)F)c1)N(C)CCC(=O)N1CCNCC1.Cl. The largest absolute Gasteiger partial charge is 0.416 e. The van der Waals surface area contributed by atoms with Crippen molar-refractivity contribution in [3.05, 3.63) is 35.4 Å². The van der Waals surface area contributed by atoms with Crippen molar-refractivity contribution in [3.8, 4) is 0 Å². The third-order valence-electron chi connectivity index (χ3n) is 4.51. The number of hydrogen-bond acceptors (Lipinski definition) is 3. The average Bonchev–Trinajstić information content (AvgIpc) is 2.58. The second-order valence-corrected chi connectivity index (χ2v) is 6.16. The minimum absolute atomic E-state index is 0. The van der Waals surface area contributed by atoms with Gasteiger partial charge < -0.3 is 10.2 Å². The zero-order valence-electron chi connectivity index (χ0n) is 14.5. The van der Waals surface area contributed by atoms with Gasteiger partial charge in [0.25, 0.3) is 0 Å². The van der Waals surface area contributed by atoms with E-state index in [1.165, 1.54) is 12.1 Å². The molecule has 0 aromatic heterocycles. The molecule has 4 nitrogen and oxygen atoms in total. The predicted molar refractivity (Wildman–Crippen MR) is 93.8 cm³/mol. The molecule has 1 fully saturated rings. The number of nitrogens with one attached hydrogen (secondary N) is 1. The molecule has 1 amide bonds. The summed E-state index contributed by atoms with van der Waals surface area (Å²) in [5, 5.41) is 3.20. The fourth-order valence-electron chi connectivity index (χ4n) is 2.77. The molecule has 0 bridgehead atoms. The fourth-order valence-corrected chi connectivity index (χ4v) is 2.77. The van der Waals surface area contributed by atoms with Gasteiger partial charge in [-0.2, -0.15) is 13.2 Å². The van der Waals surface area contributed by atoms with Gasteiger partial charge in [-0.1, -0.05) is 12.1 Å². The second kappa shape index (κ2) is 9.40. The van der Waals surface area contributed by atoms with Gasteiger partial charge in [0.05, 0.1) is 5.56 Å². The lowest BCUT2D eigenvalue weighted by atomic mass is 10.0. The predicted octanol–water partition coefficient (Wildman–Crippen LogP) is 2.94. The zero-order chi connectivity index (χ0) is 17.7. The normalized spacial score (nSPS) is 16.5. The number of halogens is 4. The molecular formula is C17H25ClF3N3O. The lowest BCUT2D eigenvalue weighted by molar-refractivity contribution is -0.137. The van der Waals surface area contributed by atoms with Crippen molar-refractivity contribution in [2.24, 2.45) is 0 Å². The maximum atomic E-state index is 12.8. The number of nitrogens with zero attached hydrogens (tertiary/aromatic N) is 2. The molecule has 1 unspecified atom stereocenters. The van der Waals surface area contributed by atoms with E-state index in [2.05, 4.69) is 5.32 Å². The van der Waals surface area contributed by atoms with Crippen LogP contribution in [0.1, 0.15) is 30.5 Å². The molecule has 1 aromatic carbocycles. The summed E-state index contributed by atoms with van der Waals surface area (Å²) in [7, 11) is 1.83. The van der Waals surface area contributed by atoms with Crippen LogP contribution >= 0.6 is 12.4 Å². The Morgan fingerprint density at radius 1 is 1.32 bits per heavy atom. The molecule has 0 radical (unpaired) electrons. The highest BCUT2D eigenvalue weighted by Gasteiger charge is 2.31. The van der Waals surface area contributed by atoms with Gasteiger partial charge in [0.2, 0.25) is 5.91 Å². The van der Waals surface area contributed by atoms with Crippen LogP contribution in [-0.4, -0.2) is 55.5 Å². The van der Waals surface area contributed by atoms with E-state index in [1.807, 2.05) is 23.8 Å². The van der Waals surface area contributed by atoms with Gasteiger partial charge in [-0.25, -0.2) is 0 Å². The molecule has 142 valence electrons. The fraction of sp³-hybridized carbons (Fsp3) is 0.588. The maximum Gasteiger partial charge on any atom is 0.416 e. The summed E-state index contributed by atoms with van der Waals surface area (Å²) in [6.07, 6.45) is -3.97. The first-order valence-corrected chi connectivity index (χ1v) is 8.15. The van der Waals surface area contributed by atoms with Crippen LogP contribution in [0.15, 0.2) is 24.3 Å². The van der Waals surface area contributed by atoms with Crippen molar-refractivity contribution >= 4 is 18.3 Å². The van der Waals surface area contributed by atoms with E-state index in [-0.39, 0.29) is 24.4 Å². The standard InChI is InChI=1S/C17H24F3N3O.ClH/c1-13(14-4-3-5-15(12-14)17(18,19)20)22(2)9-6-16(24)23-10-7-21-8-11-23;/h3-5,12-13,21H,6-11H2,1-2H3;1H. The first kappa shape index (κ1) is 21.7. The molecule has 1 aliphatic heterocycles. The summed E-state index contributed by atoms with van der Waals surface area (Å²) in [6, 6.07) is 5.18. The molecule has 25 heavy (non-hydrogen) atoms. The molecule has 1 saturated heterocycles. The van der Waals surface area contributed by atoms with Gasteiger partial charge in [0.15, 0.2) is 0 Å². The van der Waals surface area contributed by atoms with Crippen LogP contribution in [0.25, 0.3) is 0 Å². The number of amides is 1. The molecular weight excluding hydrogens is 355 g/mol. The molecule has 0 aliphatic carbocycles. The van der Waals surface area contributed by atoms with E-state index in [1.54, 1.807) is 6.07 Å². The summed E-state index contributed by atoms with van der Waals surface area (Å²) in [6.45, 7) is 5.41. The number of carbonyl (C=O) groups excluding carboxylic acids is 1. The minimum Gasteiger partial charge on any atom is -0.340 e. The number of alkyl halides is 3. The van der Waals surface area contributed by atoms with E-state index < -0.39 is 11.7 Å². The van der Waals surface area contributed by atoms with Gasteiger partial charge in [-0.15, -0.1) is 12.4 Å². The van der Waals surface area contributed by atoms with Crippen LogP contribution in [0.4, 0.5) is 13.2 Å². The van der Waals surface area contributed by atoms with Crippen molar-refractivity contribution in [2.75, 3.05) is 39.8 Å². The van der Waals surface area contributed by atoms with Gasteiger partial charge in [0, 0.05) is 45.2 Å². The first-order chi connectivity index (χ1) is 11.3. The Morgan fingerprint density at radius 3 is 2.56 bits per heavy atom. The Morgan fingerprint density at radius 2 is 1.96 bits per heavy atom. The van der Waals surface area contributed by atoms with Crippen LogP contribution in [-0.2, 0) is 11.0 Å². The van der Waals surface area contributed by atoms with Crippen LogP contribution in [0.3, 0.4) is 0 Å². The molecule has 0 spiro atoms. The molecule has 1 N–H and O–H groups in total. The van der Waals surface area contributed by atoms with Crippen LogP contribution in [0.2, 0.25) is 0 Å². The highest BCUT2D eigenvalue weighted by Crippen LogP contribution is 2.31. The topological polar surface area (TPSA) is 35.6 Å². The Balaban J connectivity index is 0.00000312. The molecule has 1 aromatic rings. The van der Waals surface area contributed by atoms with Crippen LogP contribution < -0.4 is 5.32 Å². The van der Waals surface area contributed by atoms with Crippen molar-refractivity contribution < 1.29 is 18.0 Å². The van der Waals surface area contributed by atoms with Gasteiger partial charge >= 0.3 is 6.18 Å². The van der Waals surface area contributed by atoms with Crippen LogP contribution in [0, 0.1) is 0 Å². The molecule has 1 heterocycles. The monoisotopic (exact) mass is 379 g/mol. The van der Waals surface area contributed by atoms with Crippen molar-refractivity contribution in [1.82, 2.24) is 15.1 Å². The minimum atomic E-state index is -4.34. The Bertz CT molecular complexity index is 562. The molecule has 1 aliphatic rings. The third kappa shape index (κ3) is 6.17. The van der Waals surface area contributed by atoms with E-state index >= 15 is 0 Å². The van der Waals surface area contributed by atoms with E-state index in [0.29, 0.717) is 31.6 Å². The third-order valence-corrected chi connectivity index (χ3v) is 4.51. The quantitative estimate of drug-likeness (QED) is 0.854. The lowest BCUT2D eigenvalue weighted by Crippen LogP contribution is -2.47. The van der Waals surface area contributed by atoms with E-state index in [0.717, 1.165) is 19.2 Å². The Labute approximate surface area is 152 Å². The first-order valence-electron chi connectivity index (χ1n) is 8.15. The van der Waals surface area contributed by atoms with Crippen LogP contribution in [0.5, 0.6) is 0 Å². The van der Waals surface area contributed by atoms with E-state index in [9.17, 15) is 18.0 Å². The summed E-state index contributed by atoms with van der Waals surface area (Å²) < 4.78 is 38.5. The summed E-state index contributed by atoms with van der Waals surface area (Å²) in [4.78, 5) is 15.9.